The summed E-state index contributed by atoms with van der Waals surface area (Å²) in [5.74, 6) is 0. The molecule has 0 unspecified atom stereocenters. The van der Waals surface area contributed by atoms with Crippen molar-refractivity contribution in [1.29, 1.82) is 0 Å². The number of hydrogen-bond acceptors (Lipinski definition) is 2. The number of furan rings is 1. The minimum Gasteiger partial charge on any atom is -0.455 e. The molecule has 0 bridgehead atoms. The van der Waals surface area contributed by atoms with Crippen LogP contribution in [0.5, 0.6) is 0 Å². The third-order valence-electron chi connectivity index (χ3n) is 10.9. The monoisotopic (exact) mass is 653 g/mol. The van der Waals surface area contributed by atoms with Crippen molar-refractivity contribution in [3.63, 3.8) is 0 Å². The number of fused-ring (bicyclic) bond motifs is 8. The van der Waals surface area contributed by atoms with Gasteiger partial charge in [-0.3, -0.25) is 0 Å². The van der Waals surface area contributed by atoms with Gasteiger partial charge in [-0.15, -0.1) is 0 Å². The molecule has 0 radical (unpaired) electrons. The van der Waals surface area contributed by atoms with Crippen molar-refractivity contribution in [3.05, 3.63) is 187 Å². The van der Waals surface area contributed by atoms with Crippen LogP contribution < -0.4 is 4.90 Å². The van der Waals surface area contributed by atoms with Crippen molar-refractivity contribution in [2.24, 2.45) is 0 Å². The Hall–Kier alpha value is -6.38. The van der Waals surface area contributed by atoms with E-state index in [1.54, 1.807) is 0 Å². The Morgan fingerprint density at radius 3 is 1.86 bits per heavy atom. The zero-order chi connectivity index (χ0) is 34.1. The molecule has 1 heterocycles. The number of rotatable bonds is 5. The molecule has 0 aliphatic heterocycles. The Labute approximate surface area is 297 Å². The molecule has 8 aromatic carbocycles. The van der Waals surface area contributed by atoms with Crippen molar-refractivity contribution in [3.8, 4) is 33.4 Å². The highest BCUT2D eigenvalue weighted by atomic mass is 16.3. The summed E-state index contributed by atoms with van der Waals surface area (Å²) in [5, 5.41) is 4.51. The minimum atomic E-state index is -0.121. The standard InChI is InChI=1S/C49H35NO/c1-49(2)43-21-11-9-18-37(43)38-29-28-36(30-44(38)49)50(35-26-24-33(25-27-35)32-14-5-3-6-15-32)45-22-13-20-39-42(45)31-41(34-16-7-4-8-17-34)47-40-19-10-12-23-46(40)51-48(39)47/h3-31H,1-2H3. The Kier molecular flexibility index (Phi) is 6.56. The first-order valence-electron chi connectivity index (χ1n) is 17.7. The van der Waals surface area contributed by atoms with Crippen LogP contribution in [0.2, 0.25) is 0 Å². The van der Waals surface area contributed by atoms with Gasteiger partial charge in [-0.05, 0) is 87.0 Å². The molecule has 0 amide bonds. The van der Waals surface area contributed by atoms with Gasteiger partial charge >= 0.3 is 0 Å². The molecule has 0 N–H and O–H groups in total. The maximum Gasteiger partial charge on any atom is 0.143 e. The predicted octanol–water partition coefficient (Wildman–Crippen LogP) is 13.8. The zero-order valence-corrected chi connectivity index (χ0v) is 28.6. The molecule has 0 saturated heterocycles. The van der Waals surface area contributed by atoms with Crippen LogP contribution in [0.25, 0.3) is 66.1 Å². The molecule has 1 aliphatic rings. The van der Waals surface area contributed by atoms with Crippen molar-refractivity contribution in [1.82, 2.24) is 0 Å². The summed E-state index contributed by atoms with van der Waals surface area (Å²) in [7, 11) is 0. The summed E-state index contributed by atoms with van der Waals surface area (Å²) in [6.07, 6.45) is 0. The van der Waals surface area contributed by atoms with E-state index in [1.165, 1.54) is 44.5 Å². The smallest absolute Gasteiger partial charge is 0.143 e. The Bertz CT molecular complexity index is 2760. The van der Waals surface area contributed by atoms with Crippen molar-refractivity contribution < 1.29 is 4.42 Å². The molecule has 2 heteroatoms. The summed E-state index contributed by atoms with van der Waals surface area (Å²) in [5.41, 5.74) is 15.1. The van der Waals surface area contributed by atoms with Crippen LogP contribution >= 0.6 is 0 Å². The lowest BCUT2D eigenvalue weighted by atomic mass is 9.82. The zero-order valence-electron chi connectivity index (χ0n) is 28.6. The molecule has 0 atom stereocenters. The first kappa shape index (κ1) is 29.5. The van der Waals surface area contributed by atoms with Crippen LogP contribution in [0.15, 0.2) is 180 Å². The van der Waals surface area contributed by atoms with E-state index >= 15 is 0 Å². The number of para-hydroxylation sites is 1. The van der Waals surface area contributed by atoms with Crippen LogP contribution in [-0.2, 0) is 5.41 Å². The predicted molar refractivity (Wildman–Crippen MR) is 214 cm³/mol. The normalized spacial score (nSPS) is 13.1. The lowest BCUT2D eigenvalue weighted by molar-refractivity contribution is 0.660. The topological polar surface area (TPSA) is 16.4 Å². The van der Waals surface area contributed by atoms with E-state index in [-0.39, 0.29) is 5.41 Å². The SMILES string of the molecule is CC1(C)c2ccccc2-c2ccc(N(c3ccc(-c4ccccc4)cc3)c3cccc4c3cc(-c3ccccc3)c3c5ccccc5oc43)cc21. The average molecular weight is 654 g/mol. The van der Waals surface area contributed by atoms with Gasteiger partial charge in [0.1, 0.15) is 11.2 Å². The molecule has 51 heavy (non-hydrogen) atoms. The molecule has 0 saturated carbocycles. The Morgan fingerprint density at radius 1 is 0.431 bits per heavy atom. The fourth-order valence-corrected chi connectivity index (χ4v) is 8.35. The van der Waals surface area contributed by atoms with Gasteiger partial charge in [0.2, 0.25) is 0 Å². The van der Waals surface area contributed by atoms with E-state index < -0.39 is 0 Å². The van der Waals surface area contributed by atoms with Crippen molar-refractivity contribution >= 4 is 49.8 Å². The highest BCUT2D eigenvalue weighted by molar-refractivity contribution is 6.23. The highest BCUT2D eigenvalue weighted by Gasteiger charge is 2.36. The van der Waals surface area contributed by atoms with E-state index in [0.717, 1.165) is 49.8 Å². The molecule has 242 valence electrons. The van der Waals surface area contributed by atoms with Gasteiger partial charge in [0.15, 0.2) is 0 Å². The van der Waals surface area contributed by atoms with Gasteiger partial charge in [-0.25, -0.2) is 0 Å². The number of anilines is 3. The van der Waals surface area contributed by atoms with Gasteiger partial charge in [-0.2, -0.15) is 0 Å². The first-order valence-corrected chi connectivity index (χ1v) is 17.7. The van der Waals surface area contributed by atoms with Gasteiger partial charge in [0.25, 0.3) is 0 Å². The highest BCUT2D eigenvalue weighted by Crippen LogP contribution is 2.52. The van der Waals surface area contributed by atoms with Gasteiger partial charge in [0, 0.05) is 38.3 Å². The Balaban J connectivity index is 1.25. The van der Waals surface area contributed by atoms with E-state index in [0.29, 0.717) is 0 Å². The van der Waals surface area contributed by atoms with E-state index in [4.69, 9.17) is 4.42 Å². The fraction of sp³-hybridized carbons (Fsp3) is 0.0612. The van der Waals surface area contributed by atoms with Crippen LogP contribution in [-0.4, -0.2) is 0 Å². The Morgan fingerprint density at radius 2 is 1.06 bits per heavy atom. The molecule has 9 aromatic rings. The second kappa shape index (κ2) is 11.3. The maximum atomic E-state index is 6.74. The number of benzene rings is 8. The molecule has 10 rings (SSSR count). The fourth-order valence-electron chi connectivity index (χ4n) is 8.35. The molecular formula is C49H35NO. The molecular weight excluding hydrogens is 619 g/mol. The molecule has 2 nitrogen and oxygen atoms in total. The van der Waals surface area contributed by atoms with Crippen LogP contribution in [0, 0.1) is 0 Å². The molecule has 1 aromatic heterocycles. The molecule has 0 fully saturated rings. The lowest BCUT2D eigenvalue weighted by Crippen LogP contribution is -2.16. The number of hydrogen-bond donors (Lipinski definition) is 0. The summed E-state index contributed by atoms with van der Waals surface area (Å²) in [6.45, 7) is 4.70. The molecule has 0 spiro atoms. The largest absolute Gasteiger partial charge is 0.455 e. The van der Waals surface area contributed by atoms with Gasteiger partial charge < -0.3 is 9.32 Å². The van der Waals surface area contributed by atoms with Crippen LogP contribution in [0.4, 0.5) is 17.1 Å². The lowest BCUT2D eigenvalue weighted by Gasteiger charge is -2.29. The summed E-state index contributed by atoms with van der Waals surface area (Å²) in [6, 6.07) is 63.6. The first-order chi connectivity index (χ1) is 25.1. The van der Waals surface area contributed by atoms with Gasteiger partial charge in [-0.1, -0.05) is 147 Å². The molecule has 1 aliphatic carbocycles. The summed E-state index contributed by atoms with van der Waals surface area (Å²) in [4.78, 5) is 2.43. The second-order valence-corrected chi connectivity index (χ2v) is 14.1. The second-order valence-electron chi connectivity index (χ2n) is 14.1. The summed E-state index contributed by atoms with van der Waals surface area (Å²) < 4.78 is 6.74. The minimum absolute atomic E-state index is 0.121. The maximum absolute atomic E-state index is 6.74. The van der Waals surface area contributed by atoms with Crippen LogP contribution in [0.3, 0.4) is 0 Å². The third-order valence-corrected chi connectivity index (χ3v) is 10.9. The van der Waals surface area contributed by atoms with E-state index in [1.807, 2.05) is 0 Å². The number of nitrogens with zero attached hydrogens (tertiary/aromatic N) is 1. The van der Waals surface area contributed by atoms with Crippen molar-refractivity contribution in [2.45, 2.75) is 19.3 Å². The van der Waals surface area contributed by atoms with Gasteiger partial charge in [0.05, 0.1) is 5.69 Å². The van der Waals surface area contributed by atoms with Crippen molar-refractivity contribution in [2.75, 3.05) is 4.90 Å². The van der Waals surface area contributed by atoms with E-state index in [2.05, 4.69) is 195 Å². The third kappa shape index (κ3) is 4.57. The van der Waals surface area contributed by atoms with Crippen LogP contribution in [0.1, 0.15) is 25.0 Å². The quantitative estimate of drug-likeness (QED) is 0.184. The average Bonchev–Trinajstić information content (AvgIpc) is 3.69. The van der Waals surface area contributed by atoms with E-state index in [9.17, 15) is 0 Å². The summed E-state index contributed by atoms with van der Waals surface area (Å²) >= 11 is 0.